The van der Waals surface area contributed by atoms with Gasteiger partial charge in [0.25, 0.3) is 5.91 Å². The van der Waals surface area contributed by atoms with Crippen LogP contribution in [0.5, 0.6) is 5.75 Å². The van der Waals surface area contributed by atoms with E-state index in [-0.39, 0.29) is 12.5 Å². The molecular weight excluding hydrogens is 306 g/mol. The minimum atomic E-state index is -0.215. The Bertz CT molecular complexity index is 841. The average molecular weight is 323 g/mol. The van der Waals surface area contributed by atoms with Crippen molar-refractivity contribution in [3.63, 3.8) is 0 Å². The number of ether oxygens (including phenoxy) is 1. The van der Waals surface area contributed by atoms with Crippen LogP contribution in [-0.2, 0) is 6.54 Å². The fourth-order valence-corrected chi connectivity index (χ4v) is 2.25. The largest absolute Gasteiger partial charge is 0.497 e. The summed E-state index contributed by atoms with van der Waals surface area (Å²) in [5, 5.41) is 10.8. The zero-order chi connectivity index (χ0) is 16.9. The second kappa shape index (κ2) is 6.95. The first-order valence-electron chi connectivity index (χ1n) is 7.48. The molecule has 0 radical (unpaired) electrons. The molecule has 6 nitrogen and oxygen atoms in total. The molecule has 6 heteroatoms. The predicted octanol–water partition coefficient (Wildman–Crippen LogP) is 2.98. The third-order valence-electron chi connectivity index (χ3n) is 3.59. The van der Waals surface area contributed by atoms with E-state index < -0.39 is 0 Å². The molecule has 0 aliphatic rings. The van der Waals surface area contributed by atoms with E-state index in [2.05, 4.69) is 15.5 Å². The number of hydrogen-bond acceptors (Lipinski definition) is 5. The Kier molecular flexibility index (Phi) is 4.56. The Morgan fingerprint density at radius 1 is 1.12 bits per heavy atom. The molecule has 0 saturated heterocycles. The van der Waals surface area contributed by atoms with Crippen LogP contribution in [0.3, 0.4) is 0 Å². The van der Waals surface area contributed by atoms with Gasteiger partial charge < -0.3 is 14.5 Å². The maximum Gasteiger partial charge on any atom is 0.251 e. The zero-order valence-corrected chi connectivity index (χ0v) is 13.4. The number of methoxy groups -OCH3 is 1. The van der Waals surface area contributed by atoms with E-state index in [1.54, 1.807) is 31.4 Å². The quantitative estimate of drug-likeness (QED) is 0.781. The van der Waals surface area contributed by atoms with Crippen molar-refractivity contribution in [2.75, 3.05) is 7.11 Å². The molecular formula is C18H17N3O3. The van der Waals surface area contributed by atoms with Gasteiger partial charge in [0.2, 0.25) is 11.8 Å². The molecule has 3 aromatic rings. The van der Waals surface area contributed by atoms with Crippen LogP contribution in [-0.4, -0.2) is 23.2 Å². The Morgan fingerprint density at radius 3 is 2.58 bits per heavy atom. The van der Waals surface area contributed by atoms with Gasteiger partial charge in [0.1, 0.15) is 5.75 Å². The molecule has 0 spiro atoms. The summed E-state index contributed by atoms with van der Waals surface area (Å²) in [7, 11) is 1.58. The number of rotatable bonds is 5. The number of hydrogen-bond donors (Lipinski definition) is 1. The number of amides is 1. The monoisotopic (exact) mass is 323 g/mol. The lowest BCUT2D eigenvalue weighted by Crippen LogP contribution is -2.22. The summed E-state index contributed by atoms with van der Waals surface area (Å²) < 4.78 is 10.7. The third kappa shape index (κ3) is 3.43. The number of aryl methyl sites for hydroxylation is 1. The lowest BCUT2D eigenvalue weighted by molar-refractivity contribution is 0.0947. The lowest BCUT2D eigenvalue weighted by atomic mass is 10.1. The smallest absolute Gasteiger partial charge is 0.251 e. The van der Waals surface area contributed by atoms with Gasteiger partial charge in [-0.3, -0.25) is 4.79 Å². The van der Waals surface area contributed by atoms with E-state index in [1.165, 1.54) is 0 Å². The van der Waals surface area contributed by atoms with Crippen molar-refractivity contribution in [3.05, 3.63) is 65.5 Å². The molecule has 122 valence electrons. The van der Waals surface area contributed by atoms with Crippen molar-refractivity contribution in [2.45, 2.75) is 13.5 Å². The van der Waals surface area contributed by atoms with E-state index in [0.717, 1.165) is 11.1 Å². The van der Waals surface area contributed by atoms with Crippen LogP contribution >= 0.6 is 0 Å². The van der Waals surface area contributed by atoms with Gasteiger partial charge in [0.05, 0.1) is 13.7 Å². The van der Waals surface area contributed by atoms with Gasteiger partial charge >= 0.3 is 0 Å². The highest BCUT2D eigenvalue weighted by molar-refractivity contribution is 5.94. The minimum Gasteiger partial charge on any atom is -0.497 e. The van der Waals surface area contributed by atoms with E-state index >= 15 is 0 Å². The third-order valence-corrected chi connectivity index (χ3v) is 3.59. The molecule has 0 atom stereocenters. The van der Waals surface area contributed by atoms with Gasteiger partial charge in [-0.15, -0.1) is 10.2 Å². The summed E-state index contributed by atoms with van der Waals surface area (Å²) in [5.41, 5.74) is 2.47. The first kappa shape index (κ1) is 15.7. The summed E-state index contributed by atoms with van der Waals surface area (Å²) in [6.45, 7) is 2.15. The Morgan fingerprint density at radius 2 is 1.88 bits per heavy atom. The molecule has 0 aliphatic heterocycles. The number of benzene rings is 2. The fraction of sp³-hybridized carbons (Fsp3) is 0.167. The van der Waals surface area contributed by atoms with Gasteiger partial charge in [-0.05, 0) is 42.8 Å². The number of aromatic nitrogens is 2. The maximum atomic E-state index is 12.1. The van der Waals surface area contributed by atoms with Crippen molar-refractivity contribution in [1.29, 1.82) is 0 Å². The molecule has 1 aromatic heterocycles. The van der Waals surface area contributed by atoms with Crippen LogP contribution in [0, 0.1) is 6.92 Å². The summed E-state index contributed by atoms with van der Waals surface area (Å²) in [5.74, 6) is 1.29. The summed E-state index contributed by atoms with van der Waals surface area (Å²) >= 11 is 0. The first-order chi connectivity index (χ1) is 11.7. The van der Waals surface area contributed by atoms with Crippen molar-refractivity contribution in [1.82, 2.24) is 15.5 Å². The van der Waals surface area contributed by atoms with E-state index in [0.29, 0.717) is 23.1 Å². The second-order valence-corrected chi connectivity index (χ2v) is 5.23. The van der Waals surface area contributed by atoms with Gasteiger partial charge in [0.15, 0.2) is 0 Å². The van der Waals surface area contributed by atoms with Crippen LogP contribution in [0.1, 0.15) is 21.8 Å². The summed E-state index contributed by atoms with van der Waals surface area (Å²) in [6, 6.07) is 14.6. The fourth-order valence-electron chi connectivity index (χ4n) is 2.25. The number of nitrogens with zero attached hydrogens (tertiary/aromatic N) is 2. The van der Waals surface area contributed by atoms with Gasteiger partial charge in [-0.1, -0.05) is 18.2 Å². The molecule has 0 unspecified atom stereocenters. The predicted molar refractivity (Wildman–Crippen MR) is 88.6 cm³/mol. The Balaban J connectivity index is 1.65. The molecule has 0 aliphatic carbocycles. The Hall–Kier alpha value is -3.15. The molecule has 0 saturated carbocycles. The molecule has 24 heavy (non-hydrogen) atoms. The number of carbonyl (C=O) groups is 1. The second-order valence-electron chi connectivity index (χ2n) is 5.23. The van der Waals surface area contributed by atoms with Gasteiger partial charge in [-0.2, -0.15) is 0 Å². The highest BCUT2D eigenvalue weighted by atomic mass is 16.5. The van der Waals surface area contributed by atoms with Crippen LogP contribution in [0.4, 0.5) is 0 Å². The standard InChI is InChI=1S/C18H17N3O3/c1-12-5-3-4-6-15(12)18-21-20-16(24-18)11-19-17(22)13-7-9-14(23-2)10-8-13/h3-10H,11H2,1-2H3,(H,19,22). The normalized spacial score (nSPS) is 10.4. The van der Waals surface area contributed by atoms with E-state index in [1.807, 2.05) is 31.2 Å². The number of carbonyl (C=O) groups excluding carboxylic acids is 1. The van der Waals surface area contributed by atoms with Gasteiger partial charge in [-0.25, -0.2) is 0 Å². The number of nitrogens with one attached hydrogen (secondary N) is 1. The van der Waals surface area contributed by atoms with Crippen LogP contribution < -0.4 is 10.1 Å². The topological polar surface area (TPSA) is 77.2 Å². The molecule has 3 rings (SSSR count). The van der Waals surface area contributed by atoms with Gasteiger partial charge in [0, 0.05) is 11.1 Å². The van der Waals surface area contributed by atoms with Crippen LogP contribution in [0.15, 0.2) is 52.9 Å². The molecule has 1 amide bonds. The highest BCUT2D eigenvalue weighted by Gasteiger charge is 2.12. The van der Waals surface area contributed by atoms with E-state index in [9.17, 15) is 4.79 Å². The van der Waals surface area contributed by atoms with Crippen LogP contribution in [0.25, 0.3) is 11.5 Å². The lowest BCUT2D eigenvalue weighted by Gasteiger charge is -2.04. The highest BCUT2D eigenvalue weighted by Crippen LogP contribution is 2.21. The van der Waals surface area contributed by atoms with Crippen molar-refractivity contribution in [2.24, 2.45) is 0 Å². The Labute approximate surface area is 139 Å². The first-order valence-corrected chi connectivity index (χ1v) is 7.48. The summed E-state index contributed by atoms with van der Waals surface area (Å²) in [4.78, 5) is 12.1. The SMILES string of the molecule is COc1ccc(C(=O)NCc2nnc(-c3ccccc3C)o2)cc1. The molecule has 0 bridgehead atoms. The maximum absolute atomic E-state index is 12.1. The van der Waals surface area contributed by atoms with Crippen molar-refractivity contribution in [3.8, 4) is 17.2 Å². The summed E-state index contributed by atoms with van der Waals surface area (Å²) in [6.07, 6.45) is 0. The molecule has 1 heterocycles. The molecule has 1 N–H and O–H groups in total. The minimum absolute atomic E-state index is 0.170. The zero-order valence-electron chi connectivity index (χ0n) is 13.4. The van der Waals surface area contributed by atoms with E-state index in [4.69, 9.17) is 9.15 Å². The van der Waals surface area contributed by atoms with Crippen molar-refractivity contribution < 1.29 is 13.9 Å². The average Bonchev–Trinajstić information content (AvgIpc) is 3.09. The molecule has 0 fully saturated rings. The van der Waals surface area contributed by atoms with Crippen LogP contribution in [0.2, 0.25) is 0 Å². The van der Waals surface area contributed by atoms with Crippen molar-refractivity contribution >= 4 is 5.91 Å². The molecule has 2 aromatic carbocycles.